The summed E-state index contributed by atoms with van der Waals surface area (Å²) < 4.78 is 5.35. The van der Waals surface area contributed by atoms with Gasteiger partial charge in [0.15, 0.2) is 0 Å². The maximum atomic E-state index is 11.0. The Morgan fingerprint density at radius 3 is 2.81 bits per heavy atom. The first kappa shape index (κ1) is 16.8. The van der Waals surface area contributed by atoms with Gasteiger partial charge in [0.1, 0.15) is 17.6 Å². The predicted octanol–water partition coefficient (Wildman–Crippen LogP) is 0.678. The Morgan fingerprint density at radius 1 is 1.52 bits per heavy atom. The molecule has 0 aliphatic carbocycles. The lowest BCUT2D eigenvalue weighted by Crippen LogP contribution is -2.20. The van der Waals surface area contributed by atoms with Crippen molar-refractivity contribution in [1.29, 1.82) is 0 Å². The van der Waals surface area contributed by atoms with Crippen LogP contribution < -0.4 is 5.32 Å². The van der Waals surface area contributed by atoms with Crippen molar-refractivity contribution >= 4 is 17.5 Å². The average molecular weight is 298 g/mol. The van der Waals surface area contributed by atoms with Gasteiger partial charge in [-0.1, -0.05) is 0 Å². The van der Waals surface area contributed by atoms with Crippen LogP contribution in [0.5, 0.6) is 0 Å². The Morgan fingerprint density at radius 2 is 2.24 bits per heavy atom. The molecule has 9 heteroatoms. The highest BCUT2D eigenvalue weighted by atomic mass is 16.6. The predicted molar refractivity (Wildman–Crippen MR) is 75.7 cm³/mol. The molecule has 1 rings (SSSR count). The van der Waals surface area contributed by atoms with E-state index in [2.05, 4.69) is 10.3 Å². The largest absolute Gasteiger partial charge is 0.477 e. The first-order valence-electron chi connectivity index (χ1n) is 6.26. The Bertz CT molecular complexity index is 506. The number of hydrogen-bond donors (Lipinski definition) is 2. The number of nitro groups is 1. The van der Waals surface area contributed by atoms with E-state index in [1.165, 1.54) is 0 Å². The fraction of sp³-hybridized carbons (Fsp3) is 0.500. The first-order valence-corrected chi connectivity index (χ1v) is 6.26. The SMILES string of the molecule is CN(C)CCOCCNc1cc(C(=O)O)c([N+](=O)[O-])cn1. The highest BCUT2D eigenvalue weighted by molar-refractivity contribution is 5.93. The summed E-state index contributed by atoms with van der Waals surface area (Å²) in [7, 11) is 3.88. The summed E-state index contributed by atoms with van der Waals surface area (Å²) in [4.78, 5) is 26.7. The summed E-state index contributed by atoms with van der Waals surface area (Å²) >= 11 is 0. The van der Waals surface area contributed by atoms with Gasteiger partial charge in [0.25, 0.3) is 0 Å². The van der Waals surface area contributed by atoms with Crippen LogP contribution in [0.1, 0.15) is 10.4 Å². The van der Waals surface area contributed by atoms with Gasteiger partial charge in [-0.2, -0.15) is 0 Å². The molecule has 0 bridgehead atoms. The number of aromatic nitrogens is 1. The number of carboxylic acids is 1. The molecular weight excluding hydrogens is 280 g/mol. The molecule has 0 aliphatic heterocycles. The molecule has 1 heterocycles. The van der Waals surface area contributed by atoms with Gasteiger partial charge < -0.3 is 20.1 Å². The van der Waals surface area contributed by atoms with Gasteiger partial charge >= 0.3 is 11.7 Å². The topological polar surface area (TPSA) is 118 Å². The van der Waals surface area contributed by atoms with E-state index in [1.54, 1.807) is 0 Å². The lowest BCUT2D eigenvalue weighted by Gasteiger charge is -2.10. The zero-order valence-corrected chi connectivity index (χ0v) is 11.9. The minimum atomic E-state index is -1.37. The number of nitrogens with zero attached hydrogens (tertiary/aromatic N) is 3. The summed E-state index contributed by atoms with van der Waals surface area (Å²) in [5, 5.41) is 22.5. The van der Waals surface area contributed by atoms with E-state index >= 15 is 0 Å². The van der Waals surface area contributed by atoms with E-state index in [0.717, 1.165) is 18.8 Å². The van der Waals surface area contributed by atoms with Crippen molar-refractivity contribution in [2.75, 3.05) is 45.7 Å². The van der Waals surface area contributed by atoms with Crippen LogP contribution in [-0.2, 0) is 4.74 Å². The molecule has 0 spiro atoms. The number of pyridine rings is 1. The molecule has 116 valence electrons. The fourth-order valence-electron chi connectivity index (χ4n) is 1.46. The van der Waals surface area contributed by atoms with Gasteiger partial charge in [-0.3, -0.25) is 10.1 Å². The summed E-state index contributed by atoms with van der Waals surface area (Å²) in [6.07, 6.45) is 0.929. The zero-order chi connectivity index (χ0) is 15.8. The maximum absolute atomic E-state index is 11.0. The minimum Gasteiger partial charge on any atom is -0.477 e. The van der Waals surface area contributed by atoms with Crippen LogP contribution >= 0.6 is 0 Å². The number of aromatic carboxylic acids is 1. The fourth-order valence-corrected chi connectivity index (χ4v) is 1.46. The molecule has 1 aromatic heterocycles. The molecule has 0 unspecified atom stereocenters. The lowest BCUT2D eigenvalue weighted by molar-refractivity contribution is -0.385. The van der Waals surface area contributed by atoms with Crippen molar-refractivity contribution < 1.29 is 19.6 Å². The Labute approximate surface area is 121 Å². The summed E-state index contributed by atoms with van der Waals surface area (Å²) in [6.45, 7) is 2.24. The van der Waals surface area contributed by atoms with E-state index in [1.807, 2.05) is 19.0 Å². The van der Waals surface area contributed by atoms with Crippen LogP contribution in [0.4, 0.5) is 11.5 Å². The third-order valence-corrected chi connectivity index (χ3v) is 2.55. The minimum absolute atomic E-state index is 0.259. The van der Waals surface area contributed by atoms with Crippen LogP contribution in [0.2, 0.25) is 0 Å². The smallest absolute Gasteiger partial charge is 0.342 e. The van der Waals surface area contributed by atoms with Gasteiger partial charge in [-0.25, -0.2) is 9.78 Å². The Hall–Kier alpha value is -2.26. The summed E-state index contributed by atoms with van der Waals surface area (Å²) in [5.41, 5.74) is -0.929. The molecule has 0 amide bonds. The monoisotopic (exact) mass is 298 g/mol. The Balaban J connectivity index is 2.51. The molecule has 0 fully saturated rings. The molecule has 0 aliphatic rings. The van der Waals surface area contributed by atoms with E-state index in [-0.39, 0.29) is 5.82 Å². The van der Waals surface area contributed by atoms with Crippen molar-refractivity contribution in [2.45, 2.75) is 0 Å². The summed E-state index contributed by atoms with van der Waals surface area (Å²) in [5.74, 6) is -1.11. The molecule has 0 atom stereocenters. The molecule has 0 saturated heterocycles. The number of rotatable bonds is 9. The molecule has 0 aromatic carbocycles. The number of ether oxygens (including phenoxy) is 1. The molecule has 1 aromatic rings. The standard InChI is InChI=1S/C12H18N4O5/c1-15(2)4-6-21-5-3-13-11-7-9(12(17)18)10(8-14-11)16(19)20/h7-8H,3-6H2,1-2H3,(H,13,14)(H,17,18). The molecule has 21 heavy (non-hydrogen) atoms. The molecule has 0 saturated carbocycles. The van der Waals surface area contributed by atoms with Crippen molar-refractivity contribution in [3.63, 3.8) is 0 Å². The number of carboxylic acid groups (broad SMARTS) is 1. The summed E-state index contributed by atoms with van der Waals surface area (Å²) in [6, 6.07) is 1.14. The van der Waals surface area contributed by atoms with Crippen molar-refractivity contribution in [3.05, 3.63) is 27.9 Å². The molecular formula is C12H18N4O5. The van der Waals surface area contributed by atoms with E-state index < -0.39 is 22.1 Å². The van der Waals surface area contributed by atoms with Crippen LogP contribution in [0.15, 0.2) is 12.3 Å². The third kappa shape index (κ3) is 5.71. The highest BCUT2D eigenvalue weighted by Crippen LogP contribution is 2.19. The number of nitrogens with one attached hydrogen (secondary N) is 1. The van der Waals surface area contributed by atoms with Gasteiger partial charge in [0, 0.05) is 19.2 Å². The third-order valence-electron chi connectivity index (χ3n) is 2.55. The van der Waals surface area contributed by atoms with Crippen molar-refractivity contribution in [1.82, 2.24) is 9.88 Å². The van der Waals surface area contributed by atoms with Crippen molar-refractivity contribution in [3.8, 4) is 0 Å². The first-order chi connectivity index (χ1) is 9.91. The van der Waals surface area contributed by atoms with E-state index in [0.29, 0.717) is 19.8 Å². The molecule has 2 N–H and O–H groups in total. The quantitative estimate of drug-likeness (QED) is 0.388. The van der Waals surface area contributed by atoms with Crippen molar-refractivity contribution in [2.24, 2.45) is 0 Å². The van der Waals surface area contributed by atoms with Gasteiger partial charge in [0.05, 0.1) is 18.1 Å². The van der Waals surface area contributed by atoms with Gasteiger partial charge in [-0.15, -0.1) is 0 Å². The number of likely N-dealkylation sites (N-methyl/N-ethyl adjacent to an activating group) is 1. The van der Waals surface area contributed by atoms with E-state index in [9.17, 15) is 14.9 Å². The van der Waals surface area contributed by atoms with Gasteiger partial charge in [0.2, 0.25) is 0 Å². The number of hydrogen-bond acceptors (Lipinski definition) is 7. The average Bonchev–Trinajstić information content (AvgIpc) is 2.41. The zero-order valence-electron chi connectivity index (χ0n) is 11.9. The second-order valence-electron chi connectivity index (χ2n) is 4.49. The lowest BCUT2D eigenvalue weighted by atomic mass is 10.2. The second-order valence-corrected chi connectivity index (χ2v) is 4.49. The van der Waals surface area contributed by atoms with Gasteiger partial charge in [-0.05, 0) is 14.1 Å². The molecule has 9 nitrogen and oxygen atoms in total. The van der Waals surface area contributed by atoms with Crippen LogP contribution in [-0.4, -0.2) is 66.3 Å². The number of carbonyl (C=O) groups is 1. The Kier molecular flexibility index (Phi) is 6.50. The maximum Gasteiger partial charge on any atom is 0.342 e. The second kappa shape index (κ2) is 8.12. The van der Waals surface area contributed by atoms with Crippen LogP contribution in [0, 0.1) is 10.1 Å². The van der Waals surface area contributed by atoms with Crippen LogP contribution in [0.25, 0.3) is 0 Å². The molecule has 0 radical (unpaired) electrons. The van der Waals surface area contributed by atoms with E-state index in [4.69, 9.17) is 9.84 Å². The van der Waals surface area contributed by atoms with Crippen LogP contribution in [0.3, 0.4) is 0 Å². The number of anilines is 1. The normalized spacial score (nSPS) is 10.6. The highest BCUT2D eigenvalue weighted by Gasteiger charge is 2.20.